The number of aryl methyl sites for hydroxylation is 1. The van der Waals surface area contributed by atoms with Gasteiger partial charge >= 0.3 is 0 Å². The lowest BCUT2D eigenvalue weighted by Gasteiger charge is -2.29. The molecular weight excluding hydrogens is 352 g/mol. The number of nitrogens with zero attached hydrogens (tertiary/aromatic N) is 3. The summed E-state index contributed by atoms with van der Waals surface area (Å²) in [6.07, 6.45) is 4.75. The highest BCUT2D eigenvalue weighted by Crippen LogP contribution is 2.26. The van der Waals surface area contributed by atoms with Crippen molar-refractivity contribution in [2.45, 2.75) is 18.4 Å². The van der Waals surface area contributed by atoms with E-state index in [0.717, 1.165) is 12.0 Å². The minimum Gasteiger partial charge on any atom is -0.379 e. The van der Waals surface area contributed by atoms with Gasteiger partial charge in [0.05, 0.1) is 24.0 Å². The number of halogens is 1. The molecular formula is C19H19ClN4O2. The summed E-state index contributed by atoms with van der Waals surface area (Å²) in [6, 6.07) is 9.40. The molecule has 3 aromatic rings. The molecule has 0 radical (unpaired) electrons. The van der Waals surface area contributed by atoms with Gasteiger partial charge in [-0.25, -0.2) is 9.97 Å². The van der Waals surface area contributed by atoms with Gasteiger partial charge in [-0.15, -0.1) is 0 Å². The largest absolute Gasteiger partial charge is 0.379 e. The van der Waals surface area contributed by atoms with Gasteiger partial charge in [-0.2, -0.15) is 0 Å². The molecule has 1 N–H and O–H groups in total. The smallest absolute Gasteiger partial charge is 0.254 e. The van der Waals surface area contributed by atoms with Gasteiger partial charge in [0.15, 0.2) is 5.65 Å². The molecule has 6 nitrogen and oxygen atoms in total. The van der Waals surface area contributed by atoms with Crippen LogP contribution in [0, 0.1) is 0 Å². The molecule has 0 aliphatic carbocycles. The quantitative estimate of drug-likeness (QED) is 0.766. The van der Waals surface area contributed by atoms with Crippen LogP contribution < -0.4 is 5.32 Å². The fraction of sp³-hybridized carbons (Fsp3) is 0.316. The van der Waals surface area contributed by atoms with Crippen LogP contribution in [0.4, 0.5) is 0 Å². The van der Waals surface area contributed by atoms with E-state index in [1.165, 1.54) is 0 Å². The van der Waals surface area contributed by atoms with E-state index in [0.29, 0.717) is 41.4 Å². The number of hydrogen-bond acceptors (Lipinski definition) is 4. The van der Waals surface area contributed by atoms with Crippen LogP contribution in [0.1, 0.15) is 22.3 Å². The first-order valence-corrected chi connectivity index (χ1v) is 8.85. The van der Waals surface area contributed by atoms with Crippen LogP contribution >= 0.6 is 11.6 Å². The first-order valence-electron chi connectivity index (χ1n) is 8.47. The Hall–Kier alpha value is -2.44. The molecule has 3 heterocycles. The molecule has 0 unspecified atom stereocenters. The summed E-state index contributed by atoms with van der Waals surface area (Å²) >= 11 is 5.98. The van der Waals surface area contributed by atoms with Gasteiger partial charge in [-0.3, -0.25) is 4.79 Å². The Morgan fingerprint density at radius 2 is 2.12 bits per heavy atom. The summed E-state index contributed by atoms with van der Waals surface area (Å²) < 4.78 is 7.41. The summed E-state index contributed by atoms with van der Waals surface area (Å²) in [5.41, 5.74) is 2.49. The number of pyridine rings is 1. The lowest BCUT2D eigenvalue weighted by atomic mass is 9.89. The number of imidazole rings is 1. The summed E-state index contributed by atoms with van der Waals surface area (Å²) in [5, 5.41) is 3.90. The van der Waals surface area contributed by atoms with Gasteiger partial charge in [-0.1, -0.05) is 23.7 Å². The van der Waals surface area contributed by atoms with Crippen molar-refractivity contribution < 1.29 is 9.53 Å². The normalized spacial score (nSPS) is 19.8. The Bertz CT molecular complexity index is 946. The number of amides is 1. The number of aromatic nitrogens is 3. The SMILES string of the molecule is Cn1cnc2c(C(=O)N[C@]3(Cc4ccc(Cl)cc4)CCOC3)ccnc21. The first kappa shape index (κ1) is 17.0. The Balaban J connectivity index is 1.61. The topological polar surface area (TPSA) is 69.0 Å². The number of benzene rings is 1. The van der Waals surface area contributed by atoms with Crippen molar-refractivity contribution in [3.8, 4) is 0 Å². The Labute approximate surface area is 156 Å². The molecule has 0 saturated carbocycles. The van der Waals surface area contributed by atoms with Crippen molar-refractivity contribution >= 4 is 28.7 Å². The third-order valence-corrected chi connectivity index (χ3v) is 5.03. The Morgan fingerprint density at radius 3 is 2.85 bits per heavy atom. The summed E-state index contributed by atoms with van der Waals surface area (Å²) in [7, 11) is 1.86. The van der Waals surface area contributed by atoms with Crippen LogP contribution in [0.2, 0.25) is 5.02 Å². The van der Waals surface area contributed by atoms with Gasteiger partial charge in [0.1, 0.15) is 5.52 Å². The predicted octanol–water partition coefficient (Wildman–Crippen LogP) is 2.75. The van der Waals surface area contributed by atoms with Gasteiger partial charge in [-0.05, 0) is 36.6 Å². The highest BCUT2D eigenvalue weighted by Gasteiger charge is 2.37. The standard InChI is InChI=1S/C19H19ClN4O2/c1-24-12-22-16-15(6-8-21-17(16)24)18(25)23-19(7-9-26-11-19)10-13-2-4-14(20)5-3-13/h2-6,8,12H,7,9-11H2,1H3,(H,23,25)/t19-/m0/s1. The highest BCUT2D eigenvalue weighted by molar-refractivity contribution is 6.30. The van der Waals surface area contributed by atoms with Gasteiger partial charge in [0.2, 0.25) is 0 Å². The second-order valence-corrected chi connectivity index (χ2v) is 7.16. The fourth-order valence-corrected chi connectivity index (χ4v) is 3.53. The highest BCUT2D eigenvalue weighted by atomic mass is 35.5. The maximum Gasteiger partial charge on any atom is 0.254 e. The molecule has 1 aromatic carbocycles. The molecule has 4 rings (SSSR count). The molecule has 1 fully saturated rings. The van der Waals surface area contributed by atoms with Crippen LogP contribution in [0.25, 0.3) is 11.2 Å². The second kappa shape index (κ2) is 6.70. The fourth-order valence-electron chi connectivity index (χ4n) is 3.40. The number of ether oxygens (including phenoxy) is 1. The van der Waals surface area contributed by atoms with Crippen LogP contribution in [-0.2, 0) is 18.2 Å². The lowest BCUT2D eigenvalue weighted by molar-refractivity contribution is 0.0879. The zero-order valence-corrected chi connectivity index (χ0v) is 15.2. The van der Waals surface area contributed by atoms with Crippen molar-refractivity contribution in [1.82, 2.24) is 19.9 Å². The van der Waals surface area contributed by atoms with Crippen LogP contribution in [0.5, 0.6) is 0 Å². The maximum absolute atomic E-state index is 13.0. The maximum atomic E-state index is 13.0. The molecule has 26 heavy (non-hydrogen) atoms. The molecule has 1 aliphatic heterocycles. The van der Waals surface area contributed by atoms with E-state index in [-0.39, 0.29) is 5.91 Å². The number of fused-ring (bicyclic) bond motifs is 1. The van der Waals surface area contributed by atoms with Crippen LogP contribution in [0.15, 0.2) is 42.9 Å². The average molecular weight is 371 g/mol. The Morgan fingerprint density at radius 1 is 1.31 bits per heavy atom. The third kappa shape index (κ3) is 3.18. The van der Waals surface area contributed by atoms with Crippen molar-refractivity contribution in [2.24, 2.45) is 7.05 Å². The summed E-state index contributed by atoms with van der Waals surface area (Å²) in [4.78, 5) is 21.6. The van der Waals surface area contributed by atoms with Crippen LogP contribution in [0.3, 0.4) is 0 Å². The Kier molecular flexibility index (Phi) is 4.38. The minimum atomic E-state index is -0.435. The summed E-state index contributed by atoms with van der Waals surface area (Å²) in [5.74, 6) is -0.157. The van der Waals surface area contributed by atoms with Crippen LogP contribution in [-0.4, -0.2) is 39.2 Å². The molecule has 0 spiro atoms. The van der Waals surface area contributed by atoms with E-state index in [1.54, 1.807) is 23.2 Å². The van der Waals surface area contributed by atoms with Crippen molar-refractivity contribution in [2.75, 3.05) is 13.2 Å². The molecule has 1 atom stereocenters. The molecule has 1 saturated heterocycles. The second-order valence-electron chi connectivity index (χ2n) is 6.73. The third-order valence-electron chi connectivity index (χ3n) is 4.78. The summed E-state index contributed by atoms with van der Waals surface area (Å²) in [6.45, 7) is 1.11. The molecule has 1 aliphatic rings. The number of rotatable bonds is 4. The molecule has 134 valence electrons. The number of carbonyl (C=O) groups is 1. The molecule has 0 bridgehead atoms. The van der Waals surface area contributed by atoms with E-state index >= 15 is 0 Å². The molecule has 1 amide bonds. The van der Waals surface area contributed by atoms with Crippen molar-refractivity contribution in [3.05, 3.63) is 59.0 Å². The minimum absolute atomic E-state index is 0.157. The van der Waals surface area contributed by atoms with E-state index in [4.69, 9.17) is 16.3 Å². The van der Waals surface area contributed by atoms with Gasteiger partial charge < -0.3 is 14.6 Å². The van der Waals surface area contributed by atoms with Crippen molar-refractivity contribution in [1.29, 1.82) is 0 Å². The predicted molar refractivity (Wildman–Crippen MR) is 99.3 cm³/mol. The number of nitrogens with one attached hydrogen (secondary N) is 1. The van der Waals surface area contributed by atoms with E-state index in [2.05, 4.69) is 15.3 Å². The zero-order chi connectivity index (χ0) is 18.1. The first-order chi connectivity index (χ1) is 12.6. The van der Waals surface area contributed by atoms with E-state index < -0.39 is 5.54 Å². The number of carbonyl (C=O) groups excluding carboxylic acids is 1. The van der Waals surface area contributed by atoms with E-state index in [9.17, 15) is 4.79 Å². The monoisotopic (exact) mass is 370 g/mol. The average Bonchev–Trinajstić information content (AvgIpc) is 3.24. The van der Waals surface area contributed by atoms with Gasteiger partial charge in [0.25, 0.3) is 5.91 Å². The number of hydrogen-bond donors (Lipinski definition) is 1. The lowest BCUT2D eigenvalue weighted by Crippen LogP contribution is -2.50. The molecule has 7 heteroatoms. The van der Waals surface area contributed by atoms with Gasteiger partial charge in [0, 0.05) is 24.9 Å². The zero-order valence-electron chi connectivity index (χ0n) is 14.4. The van der Waals surface area contributed by atoms with Crippen molar-refractivity contribution in [3.63, 3.8) is 0 Å². The van der Waals surface area contributed by atoms with E-state index in [1.807, 2.05) is 31.3 Å². The molecule has 2 aromatic heterocycles.